The fourth-order valence-electron chi connectivity index (χ4n) is 3.73. The zero-order valence-corrected chi connectivity index (χ0v) is 16.0. The Labute approximate surface area is 163 Å². The van der Waals surface area contributed by atoms with Gasteiger partial charge in [-0.05, 0) is 38.8 Å². The van der Waals surface area contributed by atoms with Crippen LogP contribution in [0.15, 0.2) is 42.5 Å². The summed E-state index contributed by atoms with van der Waals surface area (Å²) in [5.74, 6) is -2.58. The second-order valence-electron chi connectivity index (χ2n) is 7.27. The van der Waals surface area contributed by atoms with E-state index in [0.717, 1.165) is 4.90 Å². The lowest BCUT2D eigenvalue weighted by Gasteiger charge is -2.26. The van der Waals surface area contributed by atoms with Crippen LogP contribution in [0.25, 0.3) is 0 Å². The largest absolute Gasteiger partial charge is 0.454 e. The molecule has 0 spiro atoms. The maximum Gasteiger partial charge on any atom is 0.326 e. The molecule has 1 aromatic carbocycles. The third kappa shape index (κ3) is 3.98. The van der Waals surface area contributed by atoms with E-state index in [2.05, 4.69) is 0 Å². The molecule has 3 amide bonds. The van der Waals surface area contributed by atoms with Gasteiger partial charge in [-0.3, -0.25) is 24.1 Å². The second kappa shape index (κ2) is 8.37. The van der Waals surface area contributed by atoms with Crippen LogP contribution < -0.4 is 4.90 Å². The third-order valence-corrected chi connectivity index (χ3v) is 5.06. The fourth-order valence-corrected chi connectivity index (χ4v) is 3.73. The molecule has 7 nitrogen and oxygen atoms in total. The summed E-state index contributed by atoms with van der Waals surface area (Å²) < 4.78 is 5.08. The summed E-state index contributed by atoms with van der Waals surface area (Å²) in [6.45, 7) is 2.83. The van der Waals surface area contributed by atoms with Gasteiger partial charge in [0.05, 0.1) is 11.8 Å². The molecule has 1 aromatic rings. The maximum atomic E-state index is 12.6. The number of hydrogen-bond acceptors (Lipinski definition) is 5. The van der Waals surface area contributed by atoms with Gasteiger partial charge in [0.1, 0.15) is 6.54 Å². The molecule has 2 atom stereocenters. The highest BCUT2D eigenvalue weighted by Crippen LogP contribution is 2.34. The van der Waals surface area contributed by atoms with Gasteiger partial charge in [-0.25, -0.2) is 0 Å². The van der Waals surface area contributed by atoms with E-state index in [0.29, 0.717) is 18.5 Å². The van der Waals surface area contributed by atoms with E-state index in [1.54, 1.807) is 17.0 Å². The number of rotatable bonds is 6. The fraction of sp³-hybridized carbons (Fsp3) is 0.429. The number of carbonyl (C=O) groups excluding carboxylic acids is 4. The minimum absolute atomic E-state index is 0.119. The van der Waals surface area contributed by atoms with Crippen molar-refractivity contribution >= 4 is 29.4 Å². The van der Waals surface area contributed by atoms with Gasteiger partial charge in [-0.1, -0.05) is 30.4 Å². The Morgan fingerprint density at radius 3 is 2.18 bits per heavy atom. The first-order valence-corrected chi connectivity index (χ1v) is 9.43. The number of anilines is 1. The molecule has 148 valence electrons. The molecule has 7 heteroatoms. The molecule has 1 heterocycles. The normalized spacial score (nSPS) is 21.0. The zero-order valence-electron chi connectivity index (χ0n) is 16.0. The average Bonchev–Trinajstić information content (AvgIpc) is 2.92. The summed E-state index contributed by atoms with van der Waals surface area (Å²) in [7, 11) is 0. The van der Waals surface area contributed by atoms with Crippen molar-refractivity contribution in [1.29, 1.82) is 0 Å². The van der Waals surface area contributed by atoms with Crippen LogP contribution in [0.1, 0.15) is 26.7 Å². The van der Waals surface area contributed by atoms with Crippen molar-refractivity contribution < 1.29 is 23.9 Å². The smallest absolute Gasteiger partial charge is 0.326 e. The van der Waals surface area contributed by atoms with Gasteiger partial charge in [0.15, 0.2) is 6.61 Å². The quantitative estimate of drug-likeness (QED) is 0.425. The number of para-hydroxylation sites is 1. The Kier molecular flexibility index (Phi) is 5.92. The van der Waals surface area contributed by atoms with Crippen LogP contribution in [-0.4, -0.2) is 47.8 Å². The topological polar surface area (TPSA) is 84.0 Å². The van der Waals surface area contributed by atoms with E-state index >= 15 is 0 Å². The van der Waals surface area contributed by atoms with Gasteiger partial charge >= 0.3 is 5.97 Å². The monoisotopic (exact) mass is 384 g/mol. The number of ether oxygens (including phenoxy) is 1. The lowest BCUT2D eigenvalue weighted by molar-refractivity contribution is -0.154. The Hall–Kier alpha value is -2.96. The molecule has 2 aliphatic rings. The zero-order chi connectivity index (χ0) is 20.3. The highest BCUT2D eigenvalue weighted by Gasteiger charge is 2.47. The van der Waals surface area contributed by atoms with E-state index < -0.39 is 19.1 Å². The van der Waals surface area contributed by atoms with Crippen LogP contribution in [0, 0.1) is 11.8 Å². The van der Waals surface area contributed by atoms with Gasteiger partial charge < -0.3 is 9.64 Å². The summed E-state index contributed by atoms with van der Waals surface area (Å²) in [6, 6.07) is 8.98. The minimum Gasteiger partial charge on any atom is -0.454 e. The van der Waals surface area contributed by atoms with Crippen molar-refractivity contribution in [3.8, 4) is 0 Å². The number of fused-ring (bicyclic) bond motifs is 1. The molecular formula is C21H24N2O5. The summed E-state index contributed by atoms with van der Waals surface area (Å²) in [6.07, 6.45) is 4.80. The van der Waals surface area contributed by atoms with Gasteiger partial charge in [0.25, 0.3) is 5.91 Å². The number of carbonyl (C=O) groups is 4. The van der Waals surface area contributed by atoms with Gasteiger partial charge in [-0.2, -0.15) is 0 Å². The van der Waals surface area contributed by atoms with Crippen LogP contribution in [-0.2, 0) is 23.9 Å². The number of imide groups is 1. The summed E-state index contributed by atoms with van der Waals surface area (Å²) in [4.78, 5) is 52.0. The minimum atomic E-state index is -0.765. The van der Waals surface area contributed by atoms with Crippen molar-refractivity contribution in [3.63, 3.8) is 0 Å². The van der Waals surface area contributed by atoms with E-state index in [4.69, 9.17) is 4.74 Å². The molecule has 1 saturated heterocycles. The predicted octanol–water partition coefficient (Wildman–Crippen LogP) is 1.92. The summed E-state index contributed by atoms with van der Waals surface area (Å²) in [5, 5.41) is 0. The molecule has 3 rings (SSSR count). The van der Waals surface area contributed by atoms with Crippen LogP contribution in [0.2, 0.25) is 0 Å². The Bertz CT molecular complexity index is 776. The molecule has 0 saturated carbocycles. The van der Waals surface area contributed by atoms with E-state index in [9.17, 15) is 19.2 Å². The number of esters is 1. The first-order valence-electron chi connectivity index (χ1n) is 9.43. The van der Waals surface area contributed by atoms with Crippen LogP contribution >= 0.6 is 0 Å². The van der Waals surface area contributed by atoms with E-state index in [1.807, 2.05) is 44.2 Å². The van der Waals surface area contributed by atoms with Gasteiger partial charge in [-0.15, -0.1) is 0 Å². The van der Waals surface area contributed by atoms with Gasteiger partial charge in [0.2, 0.25) is 11.8 Å². The number of likely N-dealkylation sites (tertiary alicyclic amines) is 1. The highest BCUT2D eigenvalue weighted by molar-refractivity contribution is 6.07. The molecule has 0 aromatic heterocycles. The van der Waals surface area contributed by atoms with Crippen molar-refractivity contribution in [3.05, 3.63) is 42.5 Å². The molecule has 0 bridgehead atoms. The maximum absolute atomic E-state index is 12.6. The lowest BCUT2D eigenvalue weighted by Crippen LogP contribution is -2.41. The summed E-state index contributed by atoms with van der Waals surface area (Å²) in [5.41, 5.74) is 0.708. The summed E-state index contributed by atoms with van der Waals surface area (Å²) >= 11 is 0. The average molecular weight is 384 g/mol. The van der Waals surface area contributed by atoms with Crippen LogP contribution in [0.5, 0.6) is 0 Å². The SMILES string of the molecule is CC(C)N(C(=O)COC(=O)CN1C(=O)[C@H]2CC=CC[C@H]2C1=O)c1ccccc1. The van der Waals surface area contributed by atoms with Crippen molar-refractivity contribution in [2.45, 2.75) is 32.7 Å². The molecule has 1 aliphatic heterocycles. The first-order chi connectivity index (χ1) is 13.4. The number of hydrogen-bond donors (Lipinski definition) is 0. The molecule has 0 radical (unpaired) electrons. The Morgan fingerprint density at radius 2 is 1.64 bits per heavy atom. The van der Waals surface area contributed by atoms with Crippen molar-refractivity contribution in [1.82, 2.24) is 4.90 Å². The molecule has 1 aliphatic carbocycles. The molecule has 1 fully saturated rings. The van der Waals surface area contributed by atoms with Crippen LogP contribution in [0.4, 0.5) is 5.69 Å². The number of nitrogens with zero attached hydrogens (tertiary/aromatic N) is 2. The van der Waals surface area contributed by atoms with Crippen molar-refractivity contribution in [2.24, 2.45) is 11.8 Å². The standard InChI is InChI=1S/C21H24N2O5/c1-14(2)23(15-8-4-3-5-9-15)18(24)13-28-19(25)12-22-20(26)16-10-6-7-11-17(16)21(22)27/h3-9,14,16-17H,10-13H2,1-2H3/t16-,17+. The lowest BCUT2D eigenvalue weighted by atomic mass is 9.85. The second-order valence-corrected chi connectivity index (χ2v) is 7.27. The van der Waals surface area contributed by atoms with E-state index in [1.165, 1.54) is 0 Å². The van der Waals surface area contributed by atoms with E-state index in [-0.39, 0.29) is 35.6 Å². The Morgan fingerprint density at radius 1 is 1.07 bits per heavy atom. The third-order valence-electron chi connectivity index (χ3n) is 5.06. The molecular weight excluding hydrogens is 360 g/mol. The predicted molar refractivity (Wildman–Crippen MR) is 102 cm³/mol. The molecule has 0 N–H and O–H groups in total. The first kappa shape index (κ1) is 19.8. The molecule has 0 unspecified atom stereocenters. The number of benzene rings is 1. The Balaban J connectivity index is 1.57. The number of allylic oxidation sites excluding steroid dienone is 2. The highest BCUT2D eigenvalue weighted by atomic mass is 16.5. The molecule has 28 heavy (non-hydrogen) atoms. The van der Waals surface area contributed by atoms with Crippen LogP contribution in [0.3, 0.4) is 0 Å². The van der Waals surface area contributed by atoms with Crippen molar-refractivity contribution in [2.75, 3.05) is 18.1 Å². The number of amides is 3. The van der Waals surface area contributed by atoms with Gasteiger partial charge in [0, 0.05) is 11.7 Å².